The largest absolute Gasteiger partial charge is 0.316 e. The molecule has 0 amide bonds. The summed E-state index contributed by atoms with van der Waals surface area (Å²) in [7, 11) is -0.106. The summed E-state index contributed by atoms with van der Waals surface area (Å²) in [6.45, 7) is 4.94. The van der Waals surface area contributed by atoms with E-state index in [1.807, 2.05) is 6.92 Å². The van der Waals surface area contributed by atoms with Gasteiger partial charge in [-0.15, -0.1) is 0 Å². The van der Waals surface area contributed by atoms with Crippen LogP contribution in [0.15, 0.2) is 5.03 Å². The molecule has 19 heavy (non-hydrogen) atoms. The maximum absolute atomic E-state index is 12.5. The van der Waals surface area contributed by atoms with Crippen molar-refractivity contribution in [2.24, 2.45) is 0 Å². The van der Waals surface area contributed by atoms with Gasteiger partial charge in [-0.25, -0.2) is 8.42 Å². The number of hydrogen-bond acceptors (Lipinski definition) is 4. The first kappa shape index (κ1) is 16.1. The third-order valence-electron chi connectivity index (χ3n) is 3.12. The molecular weight excluding hydrogens is 264 g/mol. The van der Waals surface area contributed by atoms with Crippen molar-refractivity contribution in [3.63, 3.8) is 0 Å². The Hall–Kier alpha value is -0.920. The van der Waals surface area contributed by atoms with E-state index in [1.165, 1.54) is 4.31 Å². The maximum atomic E-state index is 12.5. The zero-order chi connectivity index (χ0) is 14.5. The second kappa shape index (κ2) is 7.02. The molecule has 0 aliphatic heterocycles. The van der Waals surface area contributed by atoms with Gasteiger partial charge in [-0.3, -0.25) is 5.10 Å². The number of nitrogens with zero attached hydrogens (tertiary/aromatic N) is 2. The monoisotopic (exact) mass is 288 g/mol. The summed E-state index contributed by atoms with van der Waals surface area (Å²) in [5.41, 5.74) is 1.50. The minimum absolute atomic E-state index is 0.137. The second-order valence-electron chi connectivity index (χ2n) is 4.70. The molecule has 1 rings (SSSR count). The highest BCUT2D eigenvalue weighted by atomic mass is 32.2. The molecular formula is C12H24N4O2S. The molecule has 0 saturated heterocycles. The Labute approximate surface area is 115 Å². The molecule has 6 nitrogen and oxygen atoms in total. The molecule has 0 bridgehead atoms. The van der Waals surface area contributed by atoms with Gasteiger partial charge in [0.05, 0.1) is 0 Å². The summed E-state index contributed by atoms with van der Waals surface area (Å²) in [5, 5.41) is 9.82. The van der Waals surface area contributed by atoms with Crippen molar-refractivity contribution in [3.8, 4) is 0 Å². The third-order valence-corrected chi connectivity index (χ3v) is 4.95. The molecule has 1 aromatic heterocycles. The fraction of sp³-hybridized carbons (Fsp3) is 0.750. The number of rotatable bonds is 8. The van der Waals surface area contributed by atoms with Crippen LogP contribution in [0.3, 0.4) is 0 Å². The molecule has 0 aliphatic carbocycles. The highest BCUT2D eigenvalue weighted by molar-refractivity contribution is 7.89. The van der Waals surface area contributed by atoms with E-state index in [0.717, 1.165) is 25.0 Å². The van der Waals surface area contributed by atoms with Gasteiger partial charge in [0.1, 0.15) is 0 Å². The lowest BCUT2D eigenvalue weighted by Gasteiger charge is -2.16. The van der Waals surface area contributed by atoms with Crippen LogP contribution in [0.1, 0.15) is 37.4 Å². The number of sulfonamides is 1. The summed E-state index contributed by atoms with van der Waals surface area (Å²) in [4.78, 5) is 0. The fourth-order valence-electron chi connectivity index (χ4n) is 1.88. The number of aryl methyl sites for hydroxylation is 1. The molecule has 0 saturated carbocycles. The van der Waals surface area contributed by atoms with E-state index in [1.54, 1.807) is 14.1 Å². The molecule has 2 N–H and O–H groups in total. The lowest BCUT2D eigenvalue weighted by atomic mass is 10.2. The summed E-state index contributed by atoms with van der Waals surface area (Å²) in [5.74, 6) is 0. The van der Waals surface area contributed by atoms with Crippen LogP contribution < -0.4 is 5.32 Å². The summed E-state index contributed by atoms with van der Waals surface area (Å²) in [6, 6.07) is 0. The van der Waals surface area contributed by atoms with E-state index in [2.05, 4.69) is 22.4 Å². The van der Waals surface area contributed by atoms with Gasteiger partial charge < -0.3 is 5.32 Å². The Balaban J connectivity index is 2.93. The van der Waals surface area contributed by atoms with E-state index in [4.69, 9.17) is 0 Å². The van der Waals surface area contributed by atoms with E-state index in [9.17, 15) is 8.42 Å². The van der Waals surface area contributed by atoms with E-state index >= 15 is 0 Å². The van der Waals surface area contributed by atoms with Crippen LogP contribution in [0.5, 0.6) is 0 Å². The van der Waals surface area contributed by atoms with Gasteiger partial charge in [0, 0.05) is 31.4 Å². The van der Waals surface area contributed by atoms with Crippen LogP contribution >= 0.6 is 0 Å². The Morgan fingerprint density at radius 1 is 1.37 bits per heavy atom. The molecule has 7 heteroatoms. The Morgan fingerprint density at radius 3 is 2.63 bits per heavy atom. The zero-order valence-corrected chi connectivity index (χ0v) is 13.0. The van der Waals surface area contributed by atoms with E-state index < -0.39 is 10.0 Å². The molecule has 1 aromatic rings. The van der Waals surface area contributed by atoms with Crippen molar-refractivity contribution in [1.29, 1.82) is 0 Å². The van der Waals surface area contributed by atoms with Crippen molar-refractivity contribution in [2.45, 2.75) is 44.7 Å². The zero-order valence-electron chi connectivity index (χ0n) is 12.2. The first-order valence-electron chi connectivity index (χ1n) is 6.59. The molecule has 1 heterocycles. The van der Waals surface area contributed by atoms with Crippen molar-refractivity contribution in [3.05, 3.63) is 11.3 Å². The predicted octanol–water partition coefficient (Wildman–Crippen LogP) is 1.25. The molecule has 0 aromatic carbocycles. The topological polar surface area (TPSA) is 78.1 Å². The van der Waals surface area contributed by atoms with Crippen LogP contribution in [0, 0.1) is 6.92 Å². The molecule has 0 aliphatic rings. The van der Waals surface area contributed by atoms with Gasteiger partial charge in [-0.05, 0) is 20.4 Å². The normalized spacial score (nSPS) is 12.3. The van der Waals surface area contributed by atoms with Gasteiger partial charge in [0.2, 0.25) is 0 Å². The van der Waals surface area contributed by atoms with Crippen molar-refractivity contribution >= 4 is 10.0 Å². The molecule has 0 radical (unpaired) electrons. The highest BCUT2D eigenvalue weighted by Gasteiger charge is 2.27. The first-order valence-corrected chi connectivity index (χ1v) is 8.03. The van der Waals surface area contributed by atoms with Crippen LogP contribution in [0.25, 0.3) is 0 Å². The fourth-order valence-corrected chi connectivity index (χ4v) is 3.24. The molecule has 0 unspecified atom stereocenters. The quantitative estimate of drug-likeness (QED) is 0.706. The van der Waals surface area contributed by atoms with E-state index in [-0.39, 0.29) is 5.03 Å². The van der Waals surface area contributed by atoms with Crippen molar-refractivity contribution in [2.75, 3.05) is 20.6 Å². The predicted molar refractivity (Wildman–Crippen MR) is 75.4 cm³/mol. The van der Waals surface area contributed by atoms with Crippen molar-refractivity contribution in [1.82, 2.24) is 19.8 Å². The van der Waals surface area contributed by atoms with Crippen LogP contribution in [0.2, 0.25) is 0 Å². The lowest BCUT2D eigenvalue weighted by molar-refractivity contribution is 0.451. The Bertz CT molecular complexity index is 496. The number of unbranched alkanes of at least 4 members (excludes halogenated alkanes) is 2. The molecule has 0 spiro atoms. The first-order chi connectivity index (χ1) is 8.95. The van der Waals surface area contributed by atoms with Crippen LogP contribution in [-0.4, -0.2) is 43.6 Å². The average molecular weight is 288 g/mol. The second-order valence-corrected chi connectivity index (χ2v) is 6.66. The number of nitrogens with one attached hydrogen (secondary N) is 2. The van der Waals surface area contributed by atoms with Gasteiger partial charge in [0.15, 0.2) is 5.03 Å². The smallest absolute Gasteiger partial charge is 0.262 e. The number of aromatic amines is 1. The molecule has 110 valence electrons. The van der Waals surface area contributed by atoms with Crippen molar-refractivity contribution < 1.29 is 8.42 Å². The number of aromatic nitrogens is 2. The van der Waals surface area contributed by atoms with Crippen LogP contribution in [-0.2, 0) is 16.6 Å². The molecule has 0 fully saturated rings. The van der Waals surface area contributed by atoms with Gasteiger partial charge >= 0.3 is 0 Å². The standard InChI is InChI=1S/C12H24N4O2S/c1-5-6-7-8-16(4)19(17,18)12-11(9-13-3)10(2)14-15-12/h13H,5-9H2,1-4H3,(H,14,15). The molecule has 0 atom stereocenters. The summed E-state index contributed by atoms with van der Waals surface area (Å²) >= 11 is 0. The minimum Gasteiger partial charge on any atom is -0.316 e. The number of H-pyrrole nitrogens is 1. The summed E-state index contributed by atoms with van der Waals surface area (Å²) < 4.78 is 26.3. The van der Waals surface area contributed by atoms with E-state index in [0.29, 0.717) is 18.7 Å². The SMILES string of the molecule is CCCCCN(C)S(=O)(=O)c1n[nH]c(C)c1CNC. The van der Waals surface area contributed by atoms with Gasteiger partial charge in [0.25, 0.3) is 10.0 Å². The Morgan fingerprint density at radius 2 is 2.05 bits per heavy atom. The van der Waals surface area contributed by atoms with Gasteiger partial charge in [-0.2, -0.15) is 9.40 Å². The minimum atomic E-state index is -3.50. The highest BCUT2D eigenvalue weighted by Crippen LogP contribution is 2.19. The Kier molecular flexibility index (Phi) is 5.96. The van der Waals surface area contributed by atoms with Crippen LogP contribution in [0.4, 0.5) is 0 Å². The average Bonchev–Trinajstić information content (AvgIpc) is 2.72. The third kappa shape index (κ3) is 3.77. The number of hydrogen-bond donors (Lipinski definition) is 2. The maximum Gasteiger partial charge on any atom is 0.262 e. The summed E-state index contributed by atoms with van der Waals surface area (Å²) in [6.07, 6.45) is 2.97. The van der Waals surface area contributed by atoms with Gasteiger partial charge in [-0.1, -0.05) is 19.8 Å². The lowest BCUT2D eigenvalue weighted by Crippen LogP contribution is -2.29.